The van der Waals surface area contributed by atoms with E-state index < -0.39 is 0 Å². The maximum absolute atomic E-state index is 12.8. The predicted octanol–water partition coefficient (Wildman–Crippen LogP) is 4.25. The summed E-state index contributed by atoms with van der Waals surface area (Å²) in [6.07, 6.45) is 6.53. The number of alkyl halides is 1. The first kappa shape index (κ1) is 22.0. The first-order chi connectivity index (χ1) is 15.1. The van der Waals surface area contributed by atoms with E-state index in [1.54, 1.807) is 4.57 Å². The van der Waals surface area contributed by atoms with E-state index in [9.17, 15) is 4.79 Å². The van der Waals surface area contributed by atoms with Gasteiger partial charge in [-0.25, -0.2) is 19.3 Å². The van der Waals surface area contributed by atoms with Crippen molar-refractivity contribution in [1.82, 2.24) is 24.8 Å². The molecular weight excluding hydrogens is 456 g/mol. The summed E-state index contributed by atoms with van der Waals surface area (Å²) in [6, 6.07) is 8.70. The lowest BCUT2D eigenvalue weighted by molar-refractivity contribution is 0.378. The number of benzene rings is 1. The minimum absolute atomic E-state index is 0.209. The van der Waals surface area contributed by atoms with Crippen molar-refractivity contribution >= 4 is 32.9 Å². The van der Waals surface area contributed by atoms with E-state index in [1.165, 1.54) is 37.7 Å². The topological polar surface area (TPSA) is 87.6 Å². The molecule has 8 heteroatoms. The van der Waals surface area contributed by atoms with Crippen molar-refractivity contribution in [3.05, 3.63) is 46.1 Å². The van der Waals surface area contributed by atoms with Crippen LogP contribution in [0.1, 0.15) is 56.3 Å². The number of hydrogen-bond acceptors (Lipinski definition) is 5. The maximum Gasteiger partial charge on any atom is 0.332 e. The van der Waals surface area contributed by atoms with Crippen molar-refractivity contribution in [2.24, 2.45) is 0 Å². The monoisotopic (exact) mass is 486 g/mol. The molecule has 7 nitrogen and oxygen atoms in total. The minimum atomic E-state index is -0.209. The van der Waals surface area contributed by atoms with Crippen molar-refractivity contribution in [3.63, 3.8) is 0 Å². The van der Waals surface area contributed by atoms with Crippen molar-refractivity contribution in [3.8, 4) is 5.69 Å². The molecule has 166 valence electrons. The molecule has 1 aromatic carbocycles. The van der Waals surface area contributed by atoms with Crippen molar-refractivity contribution < 1.29 is 0 Å². The molecule has 0 saturated heterocycles. The Hall–Kier alpha value is -2.19. The van der Waals surface area contributed by atoms with Gasteiger partial charge in [0.1, 0.15) is 11.3 Å². The Kier molecular flexibility index (Phi) is 7.07. The SMILES string of the molecule is Cc1nc(NCCNC2CCCCC2)c2[nH]c(=O)n(-c3ccc(C(C)CBr)cc3)c2n1. The second-order valence-corrected chi connectivity index (χ2v) is 9.09. The fourth-order valence-electron chi connectivity index (χ4n) is 4.27. The fraction of sp³-hybridized carbons (Fsp3) is 0.522. The van der Waals surface area contributed by atoms with Crippen LogP contribution in [0.2, 0.25) is 0 Å². The first-order valence-corrected chi connectivity index (χ1v) is 12.3. The van der Waals surface area contributed by atoms with Crippen LogP contribution in [0.3, 0.4) is 0 Å². The number of H-pyrrole nitrogens is 1. The molecule has 3 aromatic rings. The number of rotatable bonds is 8. The van der Waals surface area contributed by atoms with Gasteiger partial charge < -0.3 is 15.6 Å². The van der Waals surface area contributed by atoms with Gasteiger partial charge in [0.15, 0.2) is 11.5 Å². The highest BCUT2D eigenvalue weighted by Gasteiger charge is 2.16. The summed E-state index contributed by atoms with van der Waals surface area (Å²) >= 11 is 3.53. The normalized spacial score (nSPS) is 16.0. The van der Waals surface area contributed by atoms with E-state index >= 15 is 0 Å². The second kappa shape index (κ2) is 9.96. The average Bonchev–Trinajstić information content (AvgIpc) is 3.12. The van der Waals surface area contributed by atoms with Gasteiger partial charge in [-0.2, -0.15) is 0 Å². The van der Waals surface area contributed by atoms with Gasteiger partial charge in [-0.05, 0) is 43.4 Å². The van der Waals surface area contributed by atoms with Gasteiger partial charge in [0.25, 0.3) is 0 Å². The quantitative estimate of drug-likeness (QED) is 0.327. The van der Waals surface area contributed by atoms with E-state index in [-0.39, 0.29) is 5.69 Å². The van der Waals surface area contributed by atoms with Gasteiger partial charge >= 0.3 is 5.69 Å². The summed E-state index contributed by atoms with van der Waals surface area (Å²) in [7, 11) is 0. The highest BCUT2D eigenvalue weighted by atomic mass is 79.9. The van der Waals surface area contributed by atoms with E-state index in [0.29, 0.717) is 34.8 Å². The van der Waals surface area contributed by atoms with Crippen molar-refractivity contribution in [1.29, 1.82) is 0 Å². The summed E-state index contributed by atoms with van der Waals surface area (Å²) in [6.45, 7) is 5.63. The zero-order valence-corrected chi connectivity index (χ0v) is 19.8. The number of aromatic nitrogens is 4. The molecule has 1 fully saturated rings. The largest absolute Gasteiger partial charge is 0.367 e. The summed E-state index contributed by atoms with van der Waals surface area (Å²) in [4.78, 5) is 24.9. The van der Waals surface area contributed by atoms with Crippen LogP contribution in [-0.2, 0) is 0 Å². The fourth-order valence-corrected chi connectivity index (χ4v) is 4.64. The molecular formula is C23H31BrN6O. The average molecular weight is 487 g/mol. The highest BCUT2D eigenvalue weighted by molar-refractivity contribution is 9.09. The molecule has 2 heterocycles. The van der Waals surface area contributed by atoms with Gasteiger partial charge in [0.05, 0.1) is 5.69 Å². The number of fused-ring (bicyclic) bond motifs is 1. The van der Waals surface area contributed by atoms with Crippen LogP contribution in [0.25, 0.3) is 16.9 Å². The number of halogens is 1. The van der Waals surface area contributed by atoms with Gasteiger partial charge in [-0.3, -0.25) is 0 Å². The Bertz CT molecular complexity index is 1070. The Balaban J connectivity index is 1.54. The van der Waals surface area contributed by atoms with E-state index in [1.807, 2.05) is 19.1 Å². The van der Waals surface area contributed by atoms with Crippen LogP contribution >= 0.6 is 15.9 Å². The Morgan fingerprint density at radius 2 is 1.90 bits per heavy atom. The summed E-state index contributed by atoms with van der Waals surface area (Å²) in [5.41, 5.74) is 3.06. The summed E-state index contributed by atoms with van der Waals surface area (Å²) < 4.78 is 1.62. The summed E-state index contributed by atoms with van der Waals surface area (Å²) in [5, 5.41) is 7.92. The van der Waals surface area contributed by atoms with Gasteiger partial charge in [-0.1, -0.05) is 54.2 Å². The molecule has 1 atom stereocenters. The standard InChI is InChI=1S/C23H31BrN6O/c1-15(14-24)17-8-10-19(11-9-17)30-22-20(29-23(30)31)21(27-16(2)28-22)26-13-12-25-18-6-4-3-5-7-18/h8-11,15,18,25H,3-7,12-14H2,1-2H3,(H,29,31)(H,26,27,28). The number of anilines is 1. The lowest BCUT2D eigenvalue weighted by atomic mass is 9.95. The number of nitrogens with one attached hydrogen (secondary N) is 3. The highest BCUT2D eigenvalue weighted by Crippen LogP contribution is 2.23. The zero-order valence-electron chi connectivity index (χ0n) is 18.2. The van der Waals surface area contributed by atoms with Gasteiger partial charge in [0.2, 0.25) is 0 Å². The zero-order chi connectivity index (χ0) is 21.8. The molecule has 0 radical (unpaired) electrons. The van der Waals surface area contributed by atoms with E-state index in [4.69, 9.17) is 0 Å². The molecule has 0 spiro atoms. The third-order valence-electron chi connectivity index (χ3n) is 6.06. The molecule has 1 aliphatic rings. The van der Waals surface area contributed by atoms with Crippen LogP contribution in [0.5, 0.6) is 0 Å². The van der Waals surface area contributed by atoms with Crippen LogP contribution in [0, 0.1) is 6.92 Å². The lowest BCUT2D eigenvalue weighted by Gasteiger charge is -2.22. The Labute approximate surface area is 191 Å². The molecule has 4 rings (SSSR count). The molecule has 3 N–H and O–H groups in total. The molecule has 1 saturated carbocycles. The molecule has 0 amide bonds. The molecule has 1 aliphatic carbocycles. The third kappa shape index (κ3) is 5.01. The number of nitrogens with zero attached hydrogens (tertiary/aromatic N) is 3. The van der Waals surface area contributed by atoms with E-state index in [0.717, 1.165) is 24.1 Å². The van der Waals surface area contributed by atoms with Crippen molar-refractivity contribution in [2.75, 3.05) is 23.7 Å². The van der Waals surface area contributed by atoms with E-state index in [2.05, 4.69) is 60.6 Å². The molecule has 0 aliphatic heterocycles. The summed E-state index contributed by atoms with van der Waals surface area (Å²) in [5.74, 6) is 1.72. The van der Waals surface area contributed by atoms with Crippen LogP contribution in [-0.4, -0.2) is 44.0 Å². The van der Waals surface area contributed by atoms with Crippen LogP contribution in [0.15, 0.2) is 29.1 Å². The molecule has 1 unspecified atom stereocenters. The smallest absolute Gasteiger partial charge is 0.332 e. The first-order valence-electron chi connectivity index (χ1n) is 11.2. The molecule has 31 heavy (non-hydrogen) atoms. The minimum Gasteiger partial charge on any atom is -0.367 e. The number of aryl methyl sites for hydroxylation is 1. The number of aromatic amines is 1. The lowest BCUT2D eigenvalue weighted by Crippen LogP contribution is -2.34. The van der Waals surface area contributed by atoms with Gasteiger partial charge in [0, 0.05) is 24.5 Å². The Morgan fingerprint density at radius 1 is 1.16 bits per heavy atom. The number of hydrogen-bond donors (Lipinski definition) is 3. The van der Waals surface area contributed by atoms with Crippen LogP contribution in [0.4, 0.5) is 5.82 Å². The second-order valence-electron chi connectivity index (χ2n) is 8.45. The van der Waals surface area contributed by atoms with Gasteiger partial charge in [-0.15, -0.1) is 0 Å². The van der Waals surface area contributed by atoms with Crippen molar-refractivity contribution in [2.45, 2.75) is 57.9 Å². The number of imidazole rings is 1. The third-order valence-corrected chi connectivity index (χ3v) is 7.03. The Morgan fingerprint density at radius 3 is 2.61 bits per heavy atom. The molecule has 0 bridgehead atoms. The molecule has 2 aromatic heterocycles. The predicted molar refractivity (Wildman–Crippen MR) is 130 cm³/mol. The maximum atomic E-state index is 12.8. The van der Waals surface area contributed by atoms with Crippen LogP contribution < -0.4 is 16.3 Å².